The fraction of sp³-hybridized carbons (Fsp3) is 0.600. The maximum absolute atomic E-state index is 10.7. The Morgan fingerprint density at radius 2 is 2.40 bits per heavy atom. The van der Waals surface area contributed by atoms with Gasteiger partial charge in [-0.25, -0.2) is 0 Å². The Bertz CT molecular complexity index is 335. The molecule has 1 atom stereocenters. The van der Waals surface area contributed by atoms with Gasteiger partial charge in [0.2, 0.25) is 0 Å². The number of rotatable bonds is 5. The smallest absolute Gasteiger partial charge is 0.320 e. The van der Waals surface area contributed by atoms with E-state index in [0.717, 1.165) is 12.1 Å². The number of likely N-dealkylation sites (N-methyl/N-ethyl adjacent to an activating group) is 1. The van der Waals surface area contributed by atoms with E-state index in [1.54, 1.807) is 25.1 Å². The molecule has 5 heteroatoms. The lowest BCUT2D eigenvalue weighted by Crippen LogP contribution is -2.35. The third-order valence-electron chi connectivity index (χ3n) is 2.46. The lowest BCUT2D eigenvalue weighted by atomic mass is 10.2. The van der Waals surface area contributed by atoms with Crippen molar-refractivity contribution in [3.8, 4) is 0 Å². The van der Waals surface area contributed by atoms with Gasteiger partial charge in [-0.1, -0.05) is 0 Å². The number of carboxylic acid groups (broad SMARTS) is 1. The van der Waals surface area contributed by atoms with Gasteiger partial charge in [0, 0.05) is 24.8 Å². The number of hydrogen-bond acceptors (Lipinski definition) is 3. The number of carboxylic acids is 1. The van der Waals surface area contributed by atoms with Crippen molar-refractivity contribution < 1.29 is 9.90 Å². The van der Waals surface area contributed by atoms with Crippen molar-refractivity contribution in [2.24, 2.45) is 0 Å². The first-order valence-corrected chi connectivity index (χ1v) is 4.99. The van der Waals surface area contributed by atoms with Crippen molar-refractivity contribution in [2.45, 2.75) is 33.0 Å². The predicted molar refractivity (Wildman–Crippen MR) is 56.5 cm³/mol. The molecule has 0 bridgehead atoms. The zero-order chi connectivity index (χ0) is 11.4. The molecule has 1 heterocycles. The van der Waals surface area contributed by atoms with Crippen LogP contribution < -0.4 is 0 Å². The number of aryl methyl sites for hydroxylation is 1. The van der Waals surface area contributed by atoms with Gasteiger partial charge in [-0.05, 0) is 20.9 Å². The van der Waals surface area contributed by atoms with Crippen LogP contribution in [0.5, 0.6) is 0 Å². The molecule has 0 aliphatic heterocycles. The average Bonchev–Trinajstić information content (AvgIpc) is 2.64. The fourth-order valence-electron chi connectivity index (χ4n) is 1.27. The summed E-state index contributed by atoms with van der Waals surface area (Å²) in [7, 11) is 1.79. The maximum Gasteiger partial charge on any atom is 0.320 e. The first-order valence-electron chi connectivity index (χ1n) is 4.99. The predicted octanol–water partition coefficient (Wildman–Crippen LogP) is 0.808. The summed E-state index contributed by atoms with van der Waals surface area (Å²) in [5.41, 5.74) is 1.03. The molecule has 0 radical (unpaired) electrons. The Morgan fingerprint density at radius 3 is 2.87 bits per heavy atom. The van der Waals surface area contributed by atoms with Crippen molar-refractivity contribution in [2.75, 3.05) is 7.05 Å². The Kier molecular flexibility index (Phi) is 3.85. The van der Waals surface area contributed by atoms with Crippen LogP contribution in [0.3, 0.4) is 0 Å². The van der Waals surface area contributed by atoms with Crippen LogP contribution in [-0.2, 0) is 17.9 Å². The second-order valence-corrected chi connectivity index (χ2v) is 3.63. The summed E-state index contributed by atoms with van der Waals surface area (Å²) in [6.45, 7) is 5.12. The van der Waals surface area contributed by atoms with E-state index in [-0.39, 0.29) is 0 Å². The van der Waals surface area contributed by atoms with Crippen LogP contribution >= 0.6 is 0 Å². The lowest BCUT2D eigenvalue weighted by Gasteiger charge is -2.19. The molecule has 1 aromatic heterocycles. The number of hydrogen-bond donors (Lipinski definition) is 1. The number of nitrogens with zero attached hydrogens (tertiary/aromatic N) is 3. The second kappa shape index (κ2) is 4.93. The molecule has 5 nitrogen and oxygen atoms in total. The summed E-state index contributed by atoms with van der Waals surface area (Å²) < 4.78 is 1.83. The molecular formula is C10H17N3O2. The lowest BCUT2D eigenvalue weighted by molar-refractivity contribution is -0.142. The van der Waals surface area contributed by atoms with Crippen LogP contribution in [0.15, 0.2) is 12.4 Å². The molecule has 0 amide bonds. The summed E-state index contributed by atoms with van der Waals surface area (Å²) in [4.78, 5) is 12.5. The third kappa shape index (κ3) is 3.06. The standard InChI is InChI=1S/C10H17N3O2/c1-4-13-7-9(5-11-13)6-12(3)8(2)10(14)15/h5,7-8H,4,6H2,1-3H3,(H,14,15). The van der Waals surface area contributed by atoms with Crippen LogP contribution in [0.2, 0.25) is 0 Å². The summed E-state index contributed by atoms with van der Waals surface area (Å²) in [5, 5.41) is 13.0. The van der Waals surface area contributed by atoms with E-state index in [0.29, 0.717) is 6.54 Å². The molecule has 1 unspecified atom stereocenters. The van der Waals surface area contributed by atoms with E-state index in [1.165, 1.54) is 0 Å². The molecule has 1 N–H and O–H groups in total. The molecule has 15 heavy (non-hydrogen) atoms. The molecule has 0 aliphatic carbocycles. The number of aromatic nitrogens is 2. The molecule has 0 fully saturated rings. The normalized spacial score (nSPS) is 13.1. The zero-order valence-corrected chi connectivity index (χ0v) is 9.34. The van der Waals surface area contributed by atoms with Gasteiger partial charge in [0.15, 0.2) is 0 Å². The van der Waals surface area contributed by atoms with Crippen molar-refractivity contribution >= 4 is 5.97 Å². The Balaban J connectivity index is 2.57. The highest BCUT2D eigenvalue weighted by Gasteiger charge is 2.16. The summed E-state index contributed by atoms with van der Waals surface area (Å²) in [6, 6.07) is -0.477. The van der Waals surface area contributed by atoms with Gasteiger partial charge in [0.1, 0.15) is 6.04 Å². The van der Waals surface area contributed by atoms with E-state index in [4.69, 9.17) is 5.11 Å². The van der Waals surface area contributed by atoms with Gasteiger partial charge < -0.3 is 5.11 Å². The second-order valence-electron chi connectivity index (χ2n) is 3.63. The Hall–Kier alpha value is -1.36. The highest BCUT2D eigenvalue weighted by molar-refractivity contribution is 5.72. The van der Waals surface area contributed by atoms with Gasteiger partial charge >= 0.3 is 5.97 Å². The van der Waals surface area contributed by atoms with Crippen LogP contribution in [0.1, 0.15) is 19.4 Å². The highest BCUT2D eigenvalue weighted by Crippen LogP contribution is 2.05. The van der Waals surface area contributed by atoms with E-state index < -0.39 is 12.0 Å². The van der Waals surface area contributed by atoms with Gasteiger partial charge in [-0.3, -0.25) is 14.4 Å². The molecule has 84 valence electrons. The van der Waals surface area contributed by atoms with Crippen molar-refractivity contribution in [1.29, 1.82) is 0 Å². The van der Waals surface area contributed by atoms with E-state index >= 15 is 0 Å². The largest absolute Gasteiger partial charge is 0.480 e. The molecule has 0 aromatic carbocycles. The Labute approximate surface area is 89.3 Å². The molecule has 0 saturated carbocycles. The topological polar surface area (TPSA) is 58.4 Å². The van der Waals surface area contributed by atoms with Gasteiger partial charge in [0.25, 0.3) is 0 Å². The molecule has 0 aliphatic rings. The van der Waals surface area contributed by atoms with E-state index in [2.05, 4.69) is 5.10 Å². The van der Waals surface area contributed by atoms with Crippen molar-refractivity contribution in [3.05, 3.63) is 18.0 Å². The molecule has 1 rings (SSSR count). The van der Waals surface area contributed by atoms with Crippen LogP contribution in [0.4, 0.5) is 0 Å². The fourth-order valence-corrected chi connectivity index (χ4v) is 1.27. The first-order chi connectivity index (χ1) is 7.04. The molecule has 1 aromatic rings. The van der Waals surface area contributed by atoms with Crippen LogP contribution in [0, 0.1) is 0 Å². The van der Waals surface area contributed by atoms with Crippen LogP contribution in [0.25, 0.3) is 0 Å². The molecule has 0 saturated heterocycles. The monoisotopic (exact) mass is 211 g/mol. The minimum absolute atomic E-state index is 0.477. The quantitative estimate of drug-likeness (QED) is 0.783. The maximum atomic E-state index is 10.7. The third-order valence-corrected chi connectivity index (χ3v) is 2.46. The average molecular weight is 211 g/mol. The zero-order valence-electron chi connectivity index (χ0n) is 9.34. The van der Waals surface area contributed by atoms with Crippen molar-refractivity contribution in [1.82, 2.24) is 14.7 Å². The summed E-state index contributed by atoms with van der Waals surface area (Å²) in [6.07, 6.45) is 3.71. The highest BCUT2D eigenvalue weighted by atomic mass is 16.4. The Morgan fingerprint density at radius 1 is 1.73 bits per heavy atom. The first kappa shape index (κ1) is 11.7. The molecular weight excluding hydrogens is 194 g/mol. The number of carbonyl (C=O) groups is 1. The van der Waals surface area contributed by atoms with Gasteiger partial charge in [-0.2, -0.15) is 5.10 Å². The van der Waals surface area contributed by atoms with Crippen LogP contribution in [-0.4, -0.2) is 38.8 Å². The summed E-state index contributed by atoms with van der Waals surface area (Å²) in [5.74, 6) is -0.805. The van der Waals surface area contributed by atoms with Crippen molar-refractivity contribution in [3.63, 3.8) is 0 Å². The SMILES string of the molecule is CCn1cc(CN(C)C(C)C(=O)O)cn1. The summed E-state index contributed by atoms with van der Waals surface area (Å²) >= 11 is 0. The molecule has 0 spiro atoms. The van der Waals surface area contributed by atoms with E-state index in [1.807, 2.05) is 17.8 Å². The van der Waals surface area contributed by atoms with E-state index in [9.17, 15) is 4.79 Å². The minimum atomic E-state index is -0.805. The number of aliphatic carboxylic acids is 1. The van der Waals surface area contributed by atoms with Gasteiger partial charge in [0.05, 0.1) is 6.20 Å². The minimum Gasteiger partial charge on any atom is -0.480 e. The van der Waals surface area contributed by atoms with Gasteiger partial charge in [-0.15, -0.1) is 0 Å².